The second-order valence-electron chi connectivity index (χ2n) is 6.88. The van der Waals surface area contributed by atoms with Crippen LogP contribution < -0.4 is 10.6 Å². The first-order valence-corrected chi connectivity index (χ1v) is 8.50. The Morgan fingerprint density at radius 1 is 1.36 bits per heavy atom. The predicted molar refractivity (Wildman–Crippen MR) is 90.1 cm³/mol. The number of β-lactam (4-membered cyclic amide) rings is 1. The SMILES string of the molecule is C[C@@H](O)[C@@H](C(=O)NCc1ccccc1)N1CC2(CCNC(=O)C2)C1=O. The number of piperidine rings is 1. The lowest BCUT2D eigenvalue weighted by Gasteiger charge is -2.53. The van der Waals surface area contributed by atoms with Gasteiger partial charge in [-0.1, -0.05) is 30.3 Å². The number of likely N-dealkylation sites (tertiary alicyclic amines) is 1. The van der Waals surface area contributed by atoms with Gasteiger partial charge < -0.3 is 20.6 Å². The summed E-state index contributed by atoms with van der Waals surface area (Å²) in [5.74, 6) is -0.744. The van der Waals surface area contributed by atoms with Crippen LogP contribution in [0.5, 0.6) is 0 Å². The summed E-state index contributed by atoms with van der Waals surface area (Å²) in [5.41, 5.74) is 0.241. The second kappa shape index (κ2) is 6.84. The van der Waals surface area contributed by atoms with Crippen molar-refractivity contribution in [2.24, 2.45) is 5.41 Å². The molecular weight excluding hydrogens is 322 g/mol. The van der Waals surface area contributed by atoms with Gasteiger partial charge in [-0.05, 0) is 18.9 Å². The van der Waals surface area contributed by atoms with Crippen molar-refractivity contribution in [2.75, 3.05) is 13.1 Å². The van der Waals surface area contributed by atoms with Crippen molar-refractivity contribution in [2.45, 2.75) is 38.5 Å². The largest absolute Gasteiger partial charge is 0.391 e. The summed E-state index contributed by atoms with van der Waals surface area (Å²) >= 11 is 0. The summed E-state index contributed by atoms with van der Waals surface area (Å²) in [7, 11) is 0. The third kappa shape index (κ3) is 3.37. The van der Waals surface area contributed by atoms with Crippen LogP contribution in [-0.2, 0) is 20.9 Å². The van der Waals surface area contributed by atoms with E-state index in [2.05, 4.69) is 10.6 Å². The maximum Gasteiger partial charge on any atom is 0.245 e. The number of rotatable bonds is 5. The zero-order valence-electron chi connectivity index (χ0n) is 14.2. The van der Waals surface area contributed by atoms with Crippen LogP contribution in [0, 0.1) is 5.41 Å². The van der Waals surface area contributed by atoms with Crippen LogP contribution in [0.15, 0.2) is 30.3 Å². The molecule has 3 N–H and O–H groups in total. The molecule has 2 heterocycles. The highest BCUT2D eigenvalue weighted by molar-refractivity contribution is 5.98. The molecule has 1 unspecified atom stereocenters. The van der Waals surface area contributed by atoms with Gasteiger partial charge in [0, 0.05) is 26.1 Å². The lowest BCUT2D eigenvalue weighted by molar-refractivity contribution is -0.176. The maximum absolute atomic E-state index is 12.7. The van der Waals surface area contributed by atoms with E-state index in [1.165, 1.54) is 11.8 Å². The number of aliphatic hydroxyl groups is 1. The summed E-state index contributed by atoms with van der Waals surface area (Å²) in [5, 5.41) is 15.5. The van der Waals surface area contributed by atoms with Crippen LogP contribution in [0.4, 0.5) is 0 Å². The Kier molecular flexibility index (Phi) is 4.76. The fraction of sp³-hybridized carbons (Fsp3) is 0.500. The van der Waals surface area contributed by atoms with E-state index in [1.54, 1.807) is 0 Å². The van der Waals surface area contributed by atoms with Crippen LogP contribution in [0.25, 0.3) is 0 Å². The fourth-order valence-corrected chi connectivity index (χ4v) is 3.63. The van der Waals surface area contributed by atoms with E-state index >= 15 is 0 Å². The van der Waals surface area contributed by atoms with Crippen molar-refractivity contribution >= 4 is 17.7 Å². The topological polar surface area (TPSA) is 98.7 Å². The third-order valence-corrected chi connectivity index (χ3v) is 4.98. The Morgan fingerprint density at radius 3 is 2.68 bits per heavy atom. The van der Waals surface area contributed by atoms with Crippen molar-refractivity contribution in [1.29, 1.82) is 0 Å². The molecule has 25 heavy (non-hydrogen) atoms. The van der Waals surface area contributed by atoms with Gasteiger partial charge in [0.15, 0.2) is 0 Å². The van der Waals surface area contributed by atoms with Gasteiger partial charge in [-0.3, -0.25) is 14.4 Å². The molecule has 3 rings (SSSR count). The van der Waals surface area contributed by atoms with Gasteiger partial charge in [0.05, 0.1) is 11.5 Å². The number of amides is 3. The minimum atomic E-state index is -0.991. The second-order valence-corrected chi connectivity index (χ2v) is 6.88. The molecule has 0 aromatic heterocycles. The highest BCUT2D eigenvalue weighted by atomic mass is 16.3. The zero-order chi connectivity index (χ0) is 18.0. The zero-order valence-corrected chi connectivity index (χ0v) is 14.2. The fourth-order valence-electron chi connectivity index (χ4n) is 3.63. The number of carbonyl (C=O) groups is 3. The first kappa shape index (κ1) is 17.4. The molecule has 0 radical (unpaired) electrons. The number of hydrogen-bond acceptors (Lipinski definition) is 4. The quantitative estimate of drug-likeness (QED) is 0.643. The van der Waals surface area contributed by atoms with Gasteiger partial charge in [0.1, 0.15) is 6.04 Å². The monoisotopic (exact) mass is 345 g/mol. The Bertz CT molecular complexity index is 676. The number of hydrogen-bond donors (Lipinski definition) is 3. The summed E-state index contributed by atoms with van der Waals surface area (Å²) in [6.07, 6.45) is -0.262. The summed E-state index contributed by atoms with van der Waals surface area (Å²) in [6.45, 7) is 2.63. The summed E-state index contributed by atoms with van der Waals surface area (Å²) in [4.78, 5) is 38.2. The molecule has 1 aromatic rings. The van der Waals surface area contributed by atoms with Crippen molar-refractivity contribution in [3.8, 4) is 0 Å². The molecular formula is C18H23N3O4. The maximum atomic E-state index is 12.7. The van der Waals surface area contributed by atoms with Crippen LogP contribution in [0.3, 0.4) is 0 Å². The number of nitrogens with one attached hydrogen (secondary N) is 2. The van der Waals surface area contributed by atoms with Gasteiger partial charge in [-0.25, -0.2) is 0 Å². The van der Waals surface area contributed by atoms with Gasteiger partial charge in [0.25, 0.3) is 0 Å². The molecule has 0 saturated carbocycles. The molecule has 7 heteroatoms. The van der Waals surface area contributed by atoms with Crippen molar-refractivity contribution < 1.29 is 19.5 Å². The first-order valence-electron chi connectivity index (χ1n) is 8.50. The highest BCUT2D eigenvalue weighted by Gasteiger charge is 2.57. The number of benzene rings is 1. The summed E-state index contributed by atoms with van der Waals surface area (Å²) < 4.78 is 0. The van der Waals surface area contributed by atoms with E-state index in [-0.39, 0.29) is 24.1 Å². The number of nitrogens with zero attached hydrogens (tertiary/aromatic N) is 1. The molecule has 1 spiro atoms. The van der Waals surface area contributed by atoms with Crippen LogP contribution in [0.1, 0.15) is 25.3 Å². The van der Waals surface area contributed by atoms with E-state index < -0.39 is 17.6 Å². The van der Waals surface area contributed by atoms with E-state index in [4.69, 9.17) is 0 Å². The lowest BCUT2D eigenvalue weighted by atomic mass is 9.70. The smallest absolute Gasteiger partial charge is 0.245 e. The molecule has 7 nitrogen and oxygen atoms in total. The first-order chi connectivity index (χ1) is 11.9. The minimum absolute atomic E-state index is 0.138. The average Bonchev–Trinajstić information content (AvgIpc) is 2.60. The molecule has 3 amide bonds. The third-order valence-electron chi connectivity index (χ3n) is 4.98. The lowest BCUT2D eigenvalue weighted by Crippen LogP contribution is -2.71. The number of carbonyl (C=O) groups excluding carboxylic acids is 3. The summed E-state index contributed by atoms with van der Waals surface area (Å²) in [6, 6.07) is 8.49. The molecule has 134 valence electrons. The van der Waals surface area contributed by atoms with Gasteiger partial charge in [-0.15, -0.1) is 0 Å². The van der Waals surface area contributed by atoms with Crippen LogP contribution >= 0.6 is 0 Å². The Balaban J connectivity index is 1.64. The van der Waals surface area contributed by atoms with E-state index in [0.717, 1.165) is 5.56 Å². The highest BCUT2D eigenvalue weighted by Crippen LogP contribution is 2.42. The molecule has 3 atom stereocenters. The van der Waals surface area contributed by atoms with Gasteiger partial charge in [0.2, 0.25) is 17.7 Å². The molecule has 2 aliphatic heterocycles. The minimum Gasteiger partial charge on any atom is -0.391 e. The molecule has 0 aliphatic carbocycles. The van der Waals surface area contributed by atoms with E-state index in [9.17, 15) is 19.5 Å². The Morgan fingerprint density at radius 2 is 2.08 bits per heavy atom. The van der Waals surface area contributed by atoms with E-state index in [1.807, 2.05) is 30.3 Å². The molecule has 0 bridgehead atoms. The standard InChI is InChI=1S/C18H23N3O4/c1-12(22)15(16(24)20-10-13-5-3-2-4-6-13)21-11-18(17(21)25)7-8-19-14(23)9-18/h2-6,12,15,22H,7-11H2,1H3,(H,19,23)(H,20,24)/t12-,15+,18?/m1/s1. The number of aliphatic hydroxyl groups excluding tert-OH is 1. The normalized spacial score (nSPS) is 25.1. The molecule has 2 aliphatic rings. The van der Waals surface area contributed by atoms with Crippen molar-refractivity contribution in [1.82, 2.24) is 15.5 Å². The van der Waals surface area contributed by atoms with Crippen LogP contribution in [-0.4, -0.2) is 53.0 Å². The average molecular weight is 345 g/mol. The van der Waals surface area contributed by atoms with E-state index in [0.29, 0.717) is 26.1 Å². The van der Waals surface area contributed by atoms with Crippen LogP contribution in [0.2, 0.25) is 0 Å². The van der Waals surface area contributed by atoms with Gasteiger partial charge >= 0.3 is 0 Å². The van der Waals surface area contributed by atoms with Crippen molar-refractivity contribution in [3.05, 3.63) is 35.9 Å². The Labute approximate surface area is 146 Å². The molecule has 2 saturated heterocycles. The molecule has 1 aromatic carbocycles. The predicted octanol–water partition coefficient (Wildman–Crippen LogP) is -0.209. The Hall–Kier alpha value is -2.41. The molecule has 2 fully saturated rings. The van der Waals surface area contributed by atoms with Crippen molar-refractivity contribution in [3.63, 3.8) is 0 Å². The van der Waals surface area contributed by atoms with Gasteiger partial charge in [-0.2, -0.15) is 0 Å².